The predicted molar refractivity (Wildman–Crippen MR) is 81.8 cm³/mol. The maximum absolute atomic E-state index is 13.8. The SMILES string of the molecule is N#Cc1cc(F)cc(Oc2ccc(SC(F)F)c3c2CC(F)(F)C3)c1. The summed E-state index contributed by atoms with van der Waals surface area (Å²) in [5.41, 5.74) is 0.255. The van der Waals surface area contributed by atoms with Crippen LogP contribution in [0.15, 0.2) is 35.2 Å². The Hall–Kier alpha value is -2.27. The number of thioether (sulfide) groups is 1. The van der Waals surface area contributed by atoms with Crippen LogP contribution in [0.5, 0.6) is 11.5 Å². The van der Waals surface area contributed by atoms with E-state index >= 15 is 0 Å². The number of nitriles is 1. The second-order valence-electron chi connectivity index (χ2n) is 5.50. The standard InChI is InChI=1S/C17H10F5NOS/c18-10-3-9(8-23)4-11(5-10)24-14-1-2-15(25-16(19)20)13-7-17(21,22)6-12(13)14/h1-5,16H,6-7H2. The van der Waals surface area contributed by atoms with E-state index in [2.05, 4.69) is 0 Å². The van der Waals surface area contributed by atoms with Gasteiger partial charge in [-0.1, -0.05) is 11.8 Å². The van der Waals surface area contributed by atoms with Crippen molar-refractivity contribution in [3.63, 3.8) is 0 Å². The van der Waals surface area contributed by atoms with Crippen molar-refractivity contribution in [3.05, 3.63) is 52.8 Å². The summed E-state index contributed by atoms with van der Waals surface area (Å²) in [7, 11) is 0. The number of ether oxygens (including phenoxy) is 1. The summed E-state index contributed by atoms with van der Waals surface area (Å²) in [6.07, 6.45) is -1.29. The Bertz CT molecular complexity index is 863. The van der Waals surface area contributed by atoms with Crippen LogP contribution in [0.3, 0.4) is 0 Å². The van der Waals surface area contributed by atoms with Gasteiger partial charge < -0.3 is 4.74 Å². The van der Waals surface area contributed by atoms with E-state index in [1.165, 1.54) is 18.2 Å². The normalized spacial score (nSPS) is 15.1. The molecule has 0 fully saturated rings. The third-order valence-electron chi connectivity index (χ3n) is 3.66. The molecule has 130 valence electrons. The Balaban J connectivity index is 2.00. The quantitative estimate of drug-likeness (QED) is 0.523. The molecular weight excluding hydrogens is 361 g/mol. The van der Waals surface area contributed by atoms with Crippen molar-refractivity contribution >= 4 is 11.8 Å². The van der Waals surface area contributed by atoms with Gasteiger partial charge in [-0.25, -0.2) is 13.2 Å². The molecule has 1 aliphatic rings. The Morgan fingerprint density at radius 1 is 1.12 bits per heavy atom. The largest absolute Gasteiger partial charge is 0.457 e. The number of fused-ring (bicyclic) bond motifs is 1. The minimum Gasteiger partial charge on any atom is -0.457 e. The van der Waals surface area contributed by atoms with Crippen LogP contribution in [0, 0.1) is 17.1 Å². The summed E-state index contributed by atoms with van der Waals surface area (Å²) < 4.78 is 71.8. The van der Waals surface area contributed by atoms with Gasteiger partial charge in [0.2, 0.25) is 0 Å². The molecule has 0 N–H and O–H groups in total. The number of nitrogens with zero attached hydrogens (tertiary/aromatic N) is 1. The van der Waals surface area contributed by atoms with Crippen molar-refractivity contribution in [2.45, 2.75) is 29.4 Å². The summed E-state index contributed by atoms with van der Waals surface area (Å²) >= 11 is 0.203. The van der Waals surface area contributed by atoms with Crippen molar-refractivity contribution in [1.82, 2.24) is 0 Å². The Morgan fingerprint density at radius 2 is 1.84 bits per heavy atom. The molecule has 3 rings (SSSR count). The lowest BCUT2D eigenvalue weighted by atomic mass is 10.1. The fourth-order valence-electron chi connectivity index (χ4n) is 2.73. The molecule has 25 heavy (non-hydrogen) atoms. The van der Waals surface area contributed by atoms with E-state index < -0.39 is 30.3 Å². The van der Waals surface area contributed by atoms with Gasteiger partial charge in [0.05, 0.1) is 11.6 Å². The highest BCUT2D eigenvalue weighted by atomic mass is 32.2. The third kappa shape index (κ3) is 3.87. The van der Waals surface area contributed by atoms with Crippen LogP contribution in [0.2, 0.25) is 0 Å². The van der Waals surface area contributed by atoms with Crippen molar-refractivity contribution in [3.8, 4) is 17.6 Å². The first kappa shape index (κ1) is 17.5. The molecule has 0 unspecified atom stereocenters. The average Bonchev–Trinajstić information content (AvgIpc) is 2.84. The molecular formula is C17H10F5NOS. The predicted octanol–water partition coefficient (Wildman–Crippen LogP) is 5.54. The van der Waals surface area contributed by atoms with Crippen molar-refractivity contribution in [2.75, 3.05) is 0 Å². The van der Waals surface area contributed by atoms with Crippen LogP contribution in [-0.2, 0) is 12.8 Å². The van der Waals surface area contributed by atoms with E-state index in [-0.39, 0.29) is 44.8 Å². The molecule has 0 saturated heterocycles. The third-order valence-corrected chi connectivity index (χ3v) is 4.47. The van der Waals surface area contributed by atoms with Gasteiger partial charge in [-0.15, -0.1) is 0 Å². The monoisotopic (exact) mass is 371 g/mol. The minimum absolute atomic E-state index is 0.0156. The van der Waals surface area contributed by atoms with E-state index in [0.29, 0.717) is 0 Å². The van der Waals surface area contributed by atoms with Crippen molar-refractivity contribution in [1.29, 1.82) is 5.26 Å². The minimum atomic E-state index is -3.06. The molecule has 0 bridgehead atoms. The summed E-state index contributed by atoms with van der Waals surface area (Å²) in [6, 6.07) is 7.65. The Morgan fingerprint density at radius 3 is 2.52 bits per heavy atom. The number of benzene rings is 2. The number of hydrogen-bond donors (Lipinski definition) is 0. The molecule has 0 radical (unpaired) electrons. The summed E-state index contributed by atoms with van der Waals surface area (Å²) in [5.74, 6) is -6.48. The molecule has 0 saturated carbocycles. The molecule has 1 aliphatic carbocycles. The van der Waals surface area contributed by atoms with Gasteiger partial charge in [0.25, 0.3) is 11.7 Å². The first-order valence-corrected chi connectivity index (χ1v) is 8.01. The van der Waals surface area contributed by atoms with Crippen LogP contribution >= 0.6 is 11.8 Å². The maximum Gasteiger partial charge on any atom is 0.288 e. The highest BCUT2D eigenvalue weighted by Gasteiger charge is 2.41. The number of alkyl halides is 4. The van der Waals surface area contributed by atoms with E-state index in [9.17, 15) is 22.0 Å². The zero-order chi connectivity index (χ0) is 18.2. The zero-order valence-electron chi connectivity index (χ0n) is 12.5. The molecule has 0 heterocycles. The Kier molecular flexibility index (Phi) is 4.60. The summed E-state index contributed by atoms with van der Waals surface area (Å²) in [4.78, 5) is 0.0754. The number of halogens is 5. The van der Waals surface area contributed by atoms with E-state index in [1.54, 1.807) is 6.07 Å². The first-order valence-electron chi connectivity index (χ1n) is 7.13. The van der Waals surface area contributed by atoms with Crippen molar-refractivity contribution < 1.29 is 26.7 Å². The van der Waals surface area contributed by atoms with Gasteiger partial charge in [0, 0.05) is 29.4 Å². The lowest BCUT2D eigenvalue weighted by molar-refractivity contribution is 0.0125. The fraction of sp³-hybridized carbons (Fsp3) is 0.235. The second kappa shape index (κ2) is 6.56. The highest BCUT2D eigenvalue weighted by molar-refractivity contribution is 7.99. The van der Waals surface area contributed by atoms with Crippen LogP contribution in [0.4, 0.5) is 22.0 Å². The first-order chi connectivity index (χ1) is 11.8. The molecule has 2 aromatic carbocycles. The molecule has 2 nitrogen and oxygen atoms in total. The summed E-state index contributed by atoms with van der Waals surface area (Å²) in [6.45, 7) is 0. The van der Waals surface area contributed by atoms with Gasteiger partial charge in [-0.05, 0) is 29.8 Å². The van der Waals surface area contributed by atoms with Crippen LogP contribution in [0.1, 0.15) is 16.7 Å². The van der Waals surface area contributed by atoms with E-state index in [0.717, 1.165) is 12.1 Å². The Labute approximate surface area is 144 Å². The molecule has 2 aromatic rings. The van der Waals surface area contributed by atoms with Crippen LogP contribution in [-0.4, -0.2) is 11.7 Å². The molecule has 0 aromatic heterocycles. The van der Waals surface area contributed by atoms with Gasteiger partial charge in [-0.2, -0.15) is 14.0 Å². The van der Waals surface area contributed by atoms with Crippen LogP contribution < -0.4 is 4.74 Å². The molecule has 0 aliphatic heterocycles. The van der Waals surface area contributed by atoms with Gasteiger partial charge in [-0.3, -0.25) is 0 Å². The zero-order valence-corrected chi connectivity index (χ0v) is 13.3. The number of rotatable bonds is 4. The van der Waals surface area contributed by atoms with Gasteiger partial charge >= 0.3 is 0 Å². The van der Waals surface area contributed by atoms with E-state index in [1.807, 2.05) is 0 Å². The molecule has 0 spiro atoms. The molecule has 8 heteroatoms. The lowest BCUT2D eigenvalue weighted by Crippen LogP contribution is -2.14. The number of hydrogen-bond acceptors (Lipinski definition) is 3. The summed E-state index contributed by atoms with van der Waals surface area (Å²) in [5, 5.41) is 8.85. The van der Waals surface area contributed by atoms with E-state index in [4.69, 9.17) is 10.00 Å². The van der Waals surface area contributed by atoms with Gasteiger partial charge in [0.15, 0.2) is 0 Å². The fourth-order valence-corrected chi connectivity index (χ4v) is 3.41. The highest BCUT2D eigenvalue weighted by Crippen LogP contribution is 2.45. The second-order valence-corrected chi connectivity index (χ2v) is 6.53. The average molecular weight is 371 g/mol. The molecule has 0 amide bonds. The lowest BCUT2D eigenvalue weighted by Gasteiger charge is -2.13. The smallest absolute Gasteiger partial charge is 0.288 e. The maximum atomic E-state index is 13.8. The van der Waals surface area contributed by atoms with Crippen molar-refractivity contribution in [2.24, 2.45) is 0 Å². The van der Waals surface area contributed by atoms with Gasteiger partial charge in [0.1, 0.15) is 17.3 Å². The topological polar surface area (TPSA) is 33.0 Å². The molecule has 0 atom stereocenters. The van der Waals surface area contributed by atoms with Crippen LogP contribution in [0.25, 0.3) is 0 Å².